The summed E-state index contributed by atoms with van der Waals surface area (Å²) in [6.45, 7) is 1.59. The lowest BCUT2D eigenvalue weighted by molar-refractivity contribution is -0.126. The van der Waals surface area contributed by atoms with Crippen LogP contribution in [-0.4, -0.2) is 35.0 Å². The number of anilines is 1. The number of carbonyl (C=O) groups excluding carboxylic acids is 1. The number of nitrogens with one attached hydrogen (secondary N) is 1. The van der Waals surface area contributed by atoms with Crippen LogP contribution in [-0.2, 0) is 4.79 Å². The van der Waals surface area contributed by atoms with E-state index in [1.165, 1.54) is 19.3 Å². The summed E-state index contributed by atoms with van der Waals surface area (Å²) in [6.07, 6.45) is 10.6. The second-order valence-corrected chi connectivity index (χ2v) is 6.45. The summed E-state index contributed by atoms with van der Waals surface area (Å²) in [7, 11) is 0. The molecule has 2 heterocycles. The molecule has 1 aromatic rings. The summed E-state index contributed by atoms with van der Waals surface area (Å²) in [5.41, 5.74) is 0.372. The molecule has 1 aromatic heterocycles. The largest absolute Gasteiger partial charge is 0.354 e. The Labute approximate surface area is 136 Å². The third kappa shape index (κ3) is 3.79. The number of rotatable bonds is 3. The van der Waals surface area contributed by atoms with Gasteiger partial charge in [-0.1, -0.05) is 19.3 Å². The van der Waals surface area contributed by atoms with Gasteiger partial charge in [0.2, 0.25) is 5.91 Å². The van der Waals surface area contributed by atoms with E-state index in [1.54, 1.807) is 12.4 Å². The third-order valence-corrected chi connectivity index (χ3v) is 4.90. The molecule has 1 N–H and O–H groups in total. The Morgan fingerprint density at radius 2 is 1.83 bits per heavy atom. The Morgan fingerprint density at radius 3 is 2.52 bits per heavy atom. The molecular weight excluding hydrogens is 290 g/mol. The minimum atomic E-state index is 0.215. The molecular formula is C17H23N5O. The number of amides is 1. The minimum absolute atomic E-state index is 0.215. The number of nitrogens with zero attached hydrogens (tertiary/aromatic N) is 4. The van der Waals surface area contributed by atoms with Gasteiger partial charge in [-0.15, -0.1) is 0 Å². The van der Waals surface area contributed by atoms with E-state index in [-0.39, 0.29) is 17.9 Å². The van der Waals surface area contributed by atoms with Crippen LogP contribution in [0.3, 0.4) is 0 Å². The van der Waals surface area contributed by atoms with E-state index in [2.05, 4.69) is 26.3 Å². The molecule has 6 heteroatoms. The van der Waals surface area contributed by atoms with Crippen molar-refractivity contribution in [2.75, 3.05) is 18.0 Å². The molecule has 0 aromatic carbocycles. The van der Waals surface area contributed by atoms with Crippen molar-refractivity contribution >= 4 is 11.7 Å². The van der Waals surface area contributed by atoms with Gasteiger partial charge in [0.05, 0.1) is 0 Å². The fourth-order valence-corrected chi connectivity index (χ4v) is 3.56. The first kappa shape index (κ1) is 15.7. The van der Waals surface area contributed by atoms with Crippen LogP contribution >= 0.6 is 0 Å². The van der Waals surface area contributed by atoms with Crippen LogP contribution in [0, 0.1) is 17.2 Å². The molecule has 6 nitrogen and oxygen atoms in total. The molecule has 3 rings (SSSR count). The molecule has 1 aliphatic carbocycles. The van der Waals surface area contributed by atoms with E-state index >= 15 is 0 Å². The SMILES string of the molecule is N#Cc1nccnc1N1CCC(NC(=O)C2CCCCC2)CC1. The number of hydrogen-bond donors (Lipinski definition) is 1. The highest BCUT2D eigenvalue weighted by Gasteiger charge is 2.27. The molecule has 1 saturated carbocycles. The zero-order chi connectivity index (χ0) is 16.1. The van der Waals surface area contributed by atoms with Gasteiger partial charge >= 0.3 is 0 Å². The highest BCUT2D eigenvalue weighted by Crippen LogP contribution is 2.25. The van der Waals surface area contributed by atoms with Gasteiger partial charge in [0, 0.05) is 37.4 Å². The van der Waals surface area contributed by atoms with E-state index < -0.39 is 0 Å². The summed E-state index contributed by atoms with van der Waals surface area (Å²) in [5.74, 6) is 1.11. The lowest BCUT2D eigenvalue weighted by atomic mass is 9.88. The second kappa shape index (κ2) is 7.40. The van der Waals surface area contributed by atoms with Gasteiger partial charge in [-0.3, -0.25) is 4.79 Å². The molecule has 0 spiro atoms. The van der Waals surface area contributed by atoms with E-state index in [9.17, 15) is 4.79 Å². The van der Waals surface area contributed by atoms with E-state index in [1.807, 2.05) is 0 Å². The maximum atomic E-state index is 12.3. The predicted molar refractivity (Wildman–Crippen MR) is 86.7 cm³/mol. The molecule has 1 aliphatic heterocycles. The molecule has 2 fully saturated rings. The number of hydrogen-bond acceptors (Lipinski definition) is 5. The number of piperidine rings is 1. The Kier molecular flexibility index (Phi) is 5.06. The van der Waals surface area contributed by atoms with Crippen molar-refractivity contribution in [2.45, 2.75) is 51.0 Å². The van der Waals surface area contributed by atoms with E-state index in [0.29, 0.717) is 11.5 Å². The van der Waals surface area contributed by atoms with Gasteiger partial charge in [-0.2, -0.15) is 5.26 Å². The summed E-state index contributed by atoms with van der Waals surface area (Å²) in [5, 5.41) is 12.4. The minimum Gasteiger partial charge on any atom is -0.354 e. The highest BCUT2D eigenvalue weighted by molar-refractivity contribution is 5.79. The van der Waals surface area contributed by atoms with Crippen molar-refractivity contribution in [1.82, 2.24) is 15.3 Å². The van der Waals surface area contributed by atoms with Gasteiger partial charge in [0.25, 0.3) is 0 Å². The Morgan fingerprint density at radius 1 is 1.13 bits per heavy atom. The van der Waals surface area contributed by atoms with Crippen LogP contribution in [0.4, 0.5) is 5.82 Å². The maximum absolute atomic E-state index is 12.3. The zero-order valence-corrected chi connectivity index (χ0v) is 13.4. The van der Waals surface area contributed by atoms with Gasteiger partial charge in [0.15, 0.2) is 11.5 Å². The Balaban J connectivity index is 1.52. The summed E-state index contributed by atoms with van der Waals surface area (Å²) < 4.78 is 0. The third-order valence-electron chi connectivity index (χ3n) is 4.90. The van der Waals surface area contributed by atoms with Crippen molar-refractivity contribution in [3.63, 3.8) is 0 Å². The van der Waals surface area contributed by atoms with Crippen molar-refractivity contribution in [3.8, 4) is 6.07 Å². The van der Waals surface area contributed by atoms with E-state index in [0.717, 1.165) is 38.8 Å². The first-order chi connectivity index (χ1) is 11.3. The standard InChI is InChI=1S/C17H23N5O/c18-12-15-16(20-9-8-19-15)22-10-6-14(7-11-22)21-17(23)13-4-2-1-3-5-13/h8-9,13-14H,1-7,10-11H2,(H,21,23). The second-order valence-electron chi connectivity index (χ2n) is 6.45. The van der Waals surface area contributed by atoms with Crippen molar-refractivity contribution in [1.29, 1.82) is 5.26 Å². The first-order valence-electron chi connectivity index (χ1n) is 8.54. The molecule has 122 valence electrons. The fourth-order valence-electron chi connectivity index (χ4n) is 3.56. The normalized spacial score (nSPS) is 20.0. The molecule has 0 radical (unpaired) electrons. The smallest absolute Gasteiger partial charge is 0.223 e. The van der Waals surface area contributed by atoms with Gasteiger partial charge in [-0.05, 0) is 25.7 Å². The topological polar surface area (TPSA) is 81.9 Å². The van der Waals surface area contributed by atoms with Gasteiger partial charge < -0.3 is 10.2 Å². The predicted octanol–water partition coefficient (Wildman–Crippen LogP) is 2.01. The molecule has 23 heavy (non-hydrogen) atoms. The summed E-state index contributed by atoms with van der Waals surface area (Å²) in [6, 6.07) is 2.33. The van der Waals surface area contributed by atoms with Crippen molar-refractivity contribution in [3.05, 3.63) is 18.1 Å². The summed E-state index contributed by atoms with van der Waals surface area (Å²) >= 11 is 0. The molecule has 1 amide bonds. The zero-order valence-electron chi connectivity index (χ0n) is 13.4. The number of aromatic nitrogens is 2. The average molecular weight is 313 g/mol. The van der Waals surface area contributed by atoms with Crippen LogP contribution < -0.4 is 10.2 Å². The van der Waals surface area contributed by atoms with Gasteiger partial charge in [-0.25, -0.2) is 9.97 Å². The molecule has 0 atom stereocenters. The van der Waals surface area contributed by atoms with E-state index in [4.69, 9.17) is 5.26 Å². The molecule has 0 unspecified atom stereocenters. The van der Waals surface area contributed by atoms with Crippen LogP contribution in [0.1, 0.15) is 50.6 Å². The molecule has 0 bridgehead atoms. The van der Waals surface area contributed by atoms with Crippen LogP contribution in [0.15, 0.2) is 12.4 Å². The Bertz CT molecular complexity index is 583. The number of nitriles is 1. The van der Waals surface area contributed by atoms with Crippen molar-refractivity contribution < 1.29 is 4.79 Å². The quantitative estimate of drug-likeness (QED) is 0.923. The first-order valence-corrected chi connectivity index (χ1v) is 8.54. The van der Waals surface area contributed by atoms with Crippen LogP contribution in [0.25, 0.3) is 0 Å². The fraction of sp³-hybridized carbons (Fsp3) is 0.647. The lowest BCUT2D eigenvalue weighted by Gasteiger charge is -2.34. The average Bonchev–Trinajstić information content (AvgIpc) is 2.63. The highest BCUT2D eigenvalue weighted by atomic mass is 16.1. The molecule has 2 aliphatic rings. The molecule has 1 saturated heterocycles. The number of carbonyl (C=O) groups is 1. The van der Waals surface area contributed by atoms with Crippen LogP contribution in [0.5, 0.6) is 0 Å². The van der Waals surface area contributed by atoms with Crippen LogP contribution in [0.2, 0.25) is 0 Å². The van der Waals surface area contributed by atoms with Crippen molar-refractivity contribution in [2.24, 2.45) is 5.92 Å². The lowest BCUT2D eigenvalue weighted by Crippen LogP contribution is -2.47. The summed E-state index contributed by atoms with van der Waals surface area (Å²) in [4.78, 5) is 22.8. The van der Waals surface area contributed by atoms with Gasteiger partial charge in [0.1, 0.15) is 6.07 Å². The Hall–Kier alpha value is -2.16. The maximum Gasteiger partial charge on any atom is 0.223 e. The monoisotopic (exact) mass is 313 g/mol.